The average molecular weight is 454 g/mol. The van der Waals surface area contributed by atoms with Crippen LogP contribution in [0.5, 0.6) is 0 Å². The van der Waals surface area contributed by atoms with Crippen molar-refractivity contribution in [2.45, 2.75) is 44.7 Å². The summed E-state index contributed by atoms with van der Waals surface area (Å²) >= 11 is 0. The van der Waals surface area contributed by atoms with Crippen LogP contribution in [0.3, 0.4) is 0 Å². The van der Waals surface area contributed by atoms with Crippen molar-refractivity contribution in [1.29, 1.82) is 0 Å². The second-order valence-corrected chi connectivity index (χ2v) is 9.71. The highest BCUT2D eigenvalue weighted by atomic mass is 19.4. The number of allylic oxidation sites excluding steroid dienone is 4. The molecule has 2 aromatic carbocycles. The van der Waals surface area contributed by atoms with Gasteiger partial charge >= 0.3 is 6.18 Å². The van der Waals surface area contributed by atoms with Crippen LogP contribution in [0.2, 0.25) is 0 Å². The van der Waals surface area contributed by atoms with Gasteiger partial charge in [0.1, 0.15) is 7.05 Å². The normalized spacial score (nSPS) is 20.3. The minimum Gasteiger partial charge on any atom is -0.347 e. The van der Waals surface area contributed by atoms with E-state index in [1.165, 1.54) is 6.08 Å². The Labute approximate surface area is 192 Å². The Morgan fingerprint density at radius 3 is 2.09 bits per heavy atom. The van der Waals surface area contributed by atoms with Crippen molar-refractivity contribution in [1.82, 2.24) is 0 Å². The summed E-state index contributed by atoms with van der Waals surface area (Å²) in [5.41, 5.74) is 3.44. The minimum atomic E-state index is -4.98. The van der Waals surface area contributed by atoms with Crippen molar-refractivity contribution in [3.05, 3.63) is 83.1 Å². The van der Waals surface area contributed by atoms with Crippen molar-refractivity contribution in [2.24, 2.45) is 0 Å². The fourth-order valence-corrected chi connectivity index (χ4v) is 5.36. The molecule has 0 fully saturated rings. The number of ketones is 1. The highest BCUT2D eigenvalue weighted by Crippen LogP contribution is 2.47. The molecule has 0 amide bonds. The van der Waals surface area contributed by atoms with Crippen molar-refractivity contribution in [3.63, 3.8) is 0 Å². The summed E-state index contributed by atoms with van der Waals surface area (Å²) in [6.07, 6.45) is -1.96. The second kappa shape index (κ2) is 7.44. The predicted octanol–water partition coefficient (Wildman–Crippen LogP) is 6.06. The zero-order valence-corrected chi connectivity index (χ0v) is 19.7. The van der Waals surface area contributed by atoms with E-state index in [9.17, 15) is 18.0 Å². The fourth-order valence-electron chi connectivity index (χ4n) is 5.36. The first-order valence-electron chi connectivity index (χ1n) is 10.9. The van der Waals surface area contributed by atoms with E-state index < -0.39 is 22.8 Å². The topological polar surface area (TPSA) is 23.3 Å². The number of fused-ring (bicyclic) bond motifs is 2. The lowest BCUT2D eigenvalue weighted by Crippen LogP contribution is -2.37. The van der Waals surface area contributed by atoms with E-state index >= 15 is 0 Å². The van der Waals surface area contributed by atoms with Crippen LogP contribution in [0, 0.1) is 0 Å². The summed E-state index contributed by atoms with van der Waals surface area (Å²) in [7, 11) is 3.61. The summed E-state index contributed by atoms with van der Waals surface area (Å²) < 4.78 is 43.0. The molecule has 6 heteroatoms. The molecule has 0 radical (unpaired) electrons. The molecular formula is C27H28F3N2O+. The molecule has 0 saturated carbocycles. The number of alkyl halides is 3. The van der Waals surface area contributed by atoms with Gasteiger partial charge in [0, 0.05) is 35.5 Å². The van der Waals surface area contributed by atoms with Gasteiger partial charge in [-0.2, -0.15) is 17.7 Å². The molecule has 0 aromatic heterocycles. The molecule has 0 saturated heterocycles. The smallest absolute Gasteiger partial charge is 0.347 e. The van der Waals surface area contributed by atoms with E-state index in [0.29, 0.717) is 5.71 Å². The van der Waals surface area contributed by atoms with Crippen LogP contribution in [0.25, 0.3) is 0 Å². The lowest BCUT2D eigenvalue weighted by molar-refractivity contribution is -0.402. The van der Waals surface area contributed by atoms with Gasteiger partial charge in [0.05, 0.1) is 11.0 Å². The third-order valence-electron chi connectivity index (χ3n) is 6.97. The van der Waals surface area contributed by atoms with Crippen LogP contribution in [0.1, 0.15) is 38.8 Å². The van der Waals surface area contributed by atoms with Crippen molar-refractivity contribution >= 4 is 22.9 Å². The summed E-state index contributed by atoms with van der Waals surface area (Å²) in [6, 6.07) is 15.4. The summed E-state index contributed by atoms with van der Waals surface area (Å²) in [5.74, 6) is -1.84. The molecule has 33 heavy (non-hydrogen) atoms. The molecule has 3 nitrogen and oxygen atoms in total. The van der Waals surface area contributed by atoms with Gasteiger partial charge in [0.2, 0.25) is 11.4 Å². The monoisotopic (exact) mass is 453 g/mol. The van der Waals surface area contributed by atoms with Gasteiger partial charge in [-0.05, 0) is 37.6 Å². The Morgan fingerprint density at radius 2 is 1.52 bits per heavy atom. The summed E-state index contributed by atoms with van der Waals surface area (Å²) in [6.45, 7) is 7.79. The maximum Gasteiger partial charge on any atom is 0.455 e. The number of halogens is 3. The molecule has 4 rings (SSSR count). The number of para-hydroxylation sites is 2. The standard InChI is InChI=1S/C27H28F3N2O/c1-25(2)18-11-7-9-13-20(18)31(5)22(25)16-15-17(24(33)27(28,29)30)23-26(3,4)19-12-8-10-14-21(19)32(23)6/h7-16H,1-6H3/q+1. The minimum absolute atomic E-state index is 0.334. The van der Waals surface area contributed by atoms with Crippen LogP contribution in [-0.2, 0) is 15.6 Å². The molecule has 0 N–H and O–H groups in total. The van der Waals surface area contributed by atoms with Crippen LogP contribution < -0.4 is 4.90 Å². The van der Waals surface area contributed by atoms with Crippen LogP contribution in [-0.4, -0.2) is 36.3 Å². The first-order valence-corrected chi connectivity index (χ1v) is 10.9. The van der Waals surface area contributed by atoms with Gasteiger partial charge in [-0.25, -0.2) is 0 Å². The highest BCUT2D eigenvalue weighted by molar-refractivity contribution is 6.26. The largest absolute Gasteiger partial charge is 0.455 e. The fraction of sp³-hybridized carbons (Fsp3) is 0.333. The molecule has 0 bridgehead atoms. The van der Waals surface area contributed by atoms with Gasteiger partial charge in [-0.15, -0.1) is 0 Å². The molecule has 0 spiro atoms. The van der Waals surface area contributed by atoms with E-state index in [1.807, 2.05) is 88.2 Å². The molecule has 172 valence electrons. The SMILES string of the molecule is CN1/C(=C\C=C(/C(=O)C(F)(F)F)C2=[N+](C)c3ccccc3C2(C)C)C(C)(C)c2ccccc21. The van der Waals surface area contributed by atoms with Crippen molar-refractivity contribution in [3.8, 4) is 0 Å². The molecule has 0 unspecified atom stereocenters. The predicted molar refractivity (Wildman–Crippen MR) is 125 cm³/mol. The first kappa shape index (κ1) is 23.0. The highest BCUT2D eigenvalue weighted by Gasteiger charge is 2.52. The number of hydrogen-bond acceptors (Lipinski definition) is 2. The Kier molecular flexibility index (Phi) is 5.19. The molecule has 2 aliphatic heterocycles. The lowest BCUT2D eigenvalue weighted by atomic mass is 9.77. The van der Waals surface area contributed by atoms with Crippen molar-refractivity contribution < 1.29 is 22.5 Å². The van der Waals surface area contributed by atoms with Gasteiger partial charge < -0.3 is 4.90 Å². The van der Waals surface area contributed by atoms with Gasteiger partial charge in [0.25, 0.3) is 5.78 Å². The number of carbonyl (C=O) groups excluding carboxylic acids is 1. The lowest BCUT2D eigenvalue weighted by Gasteiger charge is -2.24. The number of rotatable bonds is 3. The molecular weight excluding hydrogens is 425 g/mol. The van der Waals surface area contributed by atoms with E-state index in [2.05, 4.69) is 0 Å². The van der Waals surface area contributed by atoms with Gasteiger partial charge in [-0.3, -0.25) is 4.79 Å². The first-order chi connectivity index (χ1) is 15.3. The van der Waals surface area contributed by atoms with E-state index in [-0.39, 0.29) is 5.57 Å². The quantitative estimate of drug-likeness (QED) is 0.416. The number of benzene rings is 2. The number of Topliss-reactive ketones (excluding diaryl/α,β-unsaturated/α-hetero) is 1. The maximum absolute atomic E-state index is 13.8. The Hall–Kier alpha value is -3.15. The van der Waals surface area contributed by atoms with Crippen LogP contribution in [0.4, 0.5) is 24.5 Å². The number of likely N-dealkylation sites (N-methyl/N-ethyl adjacent to an activating group) is 1. The second-order valence-electron chi connectivity index (χ2n) is 9.71. The van der Waals surface area contributed by atoms with E-state index in [1.54, 1.807) is 17.7 Å². The third kappa shape index (κ3) is 3.43. The number of carbonyl (C=O) groups is 1. The van der Waals surface area contributed by atoms with Gasteiger partial charge in [-0.1, -0.05) is 50.2 Å². The molecule has 0 atom stereocenters. The maximum atomic E-state index is 13.8. The Balaban J connectivity index is 1.91. The van der Waals surface area contributed by atoms with Crippen LogP contribution in [0.15, 0.2) is 72.0 Å². The van der Waals surface area contributed by atoms with Crippen molar-refractivity contribution in [2.75, 3.05) is 19.0 Å². The number of anilines is 1. The Morgan fingerprint density at radius 1 is 0.939 bits per heavy atom. The molecule has 0 aliphatic carbocycles. The van der Waals surface area contributed by atoms with E-state index in [4.69, 9.17) is 0 Å². The zero-order valence-electron chi connectivity index (χ0n) is 19.7. The molecule has 2 aromatic rings. The van der Waals surface area contributed by atoms with E-state index in [0.717, 1.165) is 28.2 Å². The summed E-state index contributed by atoms with van der Waals surface area (Å²) in [4.78, 5) is 14.7. The molecule has 2 heterocycles. The Bertz CT molecular complexity index is 1250. The number of hydrogen-bond donors (Lipinski definition) is 0. The van der Waals surface area contributed by atoms with Gasteiger partial charge in [0.15, 0.2) is 0 Å². The summed E-state index contributed by atoms with van der Waals surface area (Å²) in [5, 5.41) is 0. The zero-order chi connectivity index (χ0) is 24.3. The third-order valence-corrected chi connectivity index (χ3v) is 6.97. The van der Waals surface area contributed by atoms with Crippen LogP contribution >= 0.6 is 0 Å². The number of nitrogens with zero attached hydrogens (tertiary/aromatic N) is 2. The molecule has 2 aliphatic rings. The average Bonchev–Trinajstić information content (AvgIpc) is 3.07.